The Kier molecular flexibility index (Phi) is 5.33. The molecular weight excluding hydrogens is 188 g/mol. The molecule has 15 heavy (non-hydrogen) atoms. The molecule has 0 spiro atoms. The third-order valence-corrected chi connectivity index (χ3v) is 2.00. The number of carbonyl (C=O) groups excluding carboxylic acids is 1. The van der Waals surface area contributed by atoms with E-state index in [2.05, 4.69) is 4.98 Å². The highest BCUT2D eigenvalue weighted by Crippen LogP contribution is 2.01. The molecule has 1 rings (SSSR count). The van der Waals surface area contributed by atoms with Crippen LogP contribution in [0.15, 0.2) is 30.6 Å². The van der Waals surface area contributed by atoms with Crippen molar-refractivity contribution >= 4 is 11.9 Å². The second-order valence-corrected chi connectivity index (χ2v) is 3.32. The van der Waals surface area contributed by atoms with Crippen LogP contribution in [0.5, 0.6) is 0 Å². The summed E-state index contributed by atoms with van der Waals surface area (Å²) in [7, 11) is 0. The van der Waals surface area contributed by atoms with E-state index in [9.17, 15) is 4.79 Å². The average molecular weight is 204 g/mol. The monoisotopic (exact) mass is 204 g/mol. The fourth-order valence-corrected chi connectivity index (χ4v) is 1.20. The van der Waals surface area contributed by atoms with Crippen LogP contribution in [0.25, 0.3) is 6.08 Å². The first-order valence-corrected chi connectivity index (χ1v) is 5.11. The molecule has 80 valence electrons. The van der Waals surface area contributed by atoms with E-state index in [-0.39, 0.29) is 5.78 Å². The van der Waals surface area contributed by atoms with E-state index in [1.54, 1.807) is 12.4 Å². The molecular formula is C12H16N2O. The molecule has 0 aromatic carbocycles. The number of ketones is 1. The lowest BCUT2D eigenvalue weighted by Crippen LogP contribution is -2.03. The largest absolute Gasteiger partial charge is 0.330 e. The lowest BCUT2D eigenvalue weighted by atomic mass is 10.1. The van der Waals surface area contributed by atoms with E-state index in [1.165, 1.54) is 0 Å². The minimum Gasteiger partial charge on any atom is -0.330 e. The molecule has 0 radical (unpaired) electrons. The Labute approximate surface area is 90.0 Å². The average Bonchev–Trinajstić information content (AvgIpc) is 2.28. The minimum atomic E-state index is 0.237. The predicted molar refractivity (Wildman–Crippen MR) is 61.2 cm³/mol. The fourth-order valence-electron chi connectivity index (χ4n) is 1.20. The van der Waals surface area contributed by atoms with Crippen molar-refractivity contribution in [3.05, 3.63) is 36.2 Å². The molecule has 1 aromatic heterocycles. The zero-order valence-electron chi connectivity index (χ0n) is 8.73. The number of pyridine rings is 1. The Morgan fingerprint density at radius 1 is 1.53 bits per heavy atom. The minimum absolute atomic E-state index is 0.237. The lowest BCUT2D eigenvalue weighted by Gasteiger charge is -1.94. The number of nitrogens with zero attached hydrogens (tertiary/aromatic N) is 1. The number of hydrogen-bond acceptors (Lipinski definition) is 3. The number of hydrogen-bond donors (Lipinski definition) is 1. The van der Waals surface area contributed by atoms with Crippen LogP contribution in [0.2, 0.25) is 0 Å². The van der Waals surface area contributed by atoms with Crippen molar-refractivity contribution in [1.29, 1.82) is 0 Å². The molecule has 0 amide bonds. The van der Waals surface area contributed by atoms with Gasteiger partial charge in [-0.3, -0.25) is 9.78 Å². The first-order valence-electron chi connectivity index (χ1n) is 5.11. The van der Waals surface area contributed by atoms with Gasteiger partial charge in [-0.05, 0) is 24.6 Å². The van der Waals surface area contributed by atoms with Gasteiger partial charge in [-0.2, -0.15) is 0 Å². The molecule has 0 bridgehead atoms. The highest BCUT2D eigenvalue weighted by molar-refractivity contribution is 5.80. The van der Waals surface area contributed by atoms with E-state index in [0.717, 1.165) is 12.0 Å². The number of nitrogens with two attached hydrogens (primary N) is 1. The zero-order valence-corrected chi connectivity index (χ0v) is 8.73. The first-order chi connectivity index (χ1) is 7.33. The summed E-state index contributed by atoms with van der Waals surface area (Å²) in [5.41, 5.74) is 6.34. The van der Waals surface area contributed by atoms with E-state index in [4.69, 9.17) is 5.73 Å². The summed E-state index contributed by atoms with van der Waals surface area (Å²) in [6, 6.07) is 3.82. The summed E-state index contributed by atoms with van der Waals surface area (Å²) in [6.45, 7) is 0.581. The van der Waals surface area contributed by atoms with Gasteiger partial charge in [0.2, 0.25) is 0 Å². The third kappa shape index (κ3) is 5.08. The third-order valence-electron chi connectivity index (χ3n) is 2.00. The van der Waals surface area contributed by atoms with Crippen LogP contribution in [0, 0.1) is 0 Å². The topological polar surface area (TPSA) is 56.0 Å². The van der Waals surface area contributed by atoms with Crippen LogP contribution in [-0.4, -0.2) is 17.3 Å². The van der Waals surface area contributed by atoms with Crippen molar-refractivity contribution in [3.8, 4) is 0 Å². The Hall–Kier alpha value is -1.48. The number of carbonyl (C=O) groups is 1. The summed E-state index contributed by atoms with van der Waals surface area (Å²) in [5.74, 6) is 0.237. The summed E-state index contributed by atoms with van der Waals surface area (Å²) in [4.78, 5) is 15.2. The van der Waals surface area contributed by atoms with Gasteiger partial charge in [0, 0.05) is 25.2 Å². The van der Waals surface area contributed by atoms with Gasteiger partial charge in [0.05, 0.1) is 0 Å². The van der Waals surface area contributed by atoms with Crippen LogP contribution < -0.4 is 5.73 Å². The zero-order chi connectivity index (χ0) is 10.9. The van der Waals surface area contributed by atoms with Crippen molar-refractivity contribution in [2.24, 2.45) is 5.73 Å². The fraction of sp³-hybridized carbons (Fsp3) is 0.333. The van der Waals surface area contributed by atoms with Crippen molar-refractivity contribution in [3.63, 3.8) is 0 Å². The maximum atomic E-state index is 11.3. The van der Waals surface area contributed by atoms with E-state index in [0.29, 0.717) is 19.4 Å². The van der Waals surface area contributed by atoms with Crippen LogP contribution in [0.4, 0.5) is 0 Å². The molecule has 2 N–H and O–H groups in total. The molecule has 3 nitrogen and oxygen atoms in total. The normalized spacial score (nSPS) is 10.7. The first kappa shape index (κ1) is 11.6. The Morgan fingerprint density at radius 2 is 2.40 bits per heavy atom. The van der Waals surface area contributed by atoms with Crippen LogP contribution >= 0.6 is 0 Å². The van der Waals surface area contributed by atoms with Gasteiger partial charge in [0.1, 0.15) is 5.78 Å². The van der Waals surface area contributed by atoms with Crippen LogP contribution in [0.1, 0.15) is 24.8 Å². The Bertz CT molecular complexity index is 320. The van der Waals surface area contributed by atoms with E-state index >= 15 is 0 Å². The maximum Gasteiger partial charge on any atom is 0.136 e. The molecule has 1 aromatic rings. The van der Waals surface area contributed by atoms with E-state index in [1.807, 2.05) is 24.3 Å². The van der Waals surface area contributed by atoms with Gasteiger partial charge in [-0.25, -0.2) is 0 Å². The second kappa shape index (κ2) is 6.90. The lowest BCUT2D eigenvalue weighted by molar-refractivity contribution is -0.118. The van der Waals surface area contributed by atoms with Gasteiger partial charge in [-0.1, -0.05) is 18.2 Å². The molecule has 1 heterocycles. The van der Waals surface area contributed by atoms with Crippen molar-refractivity contribution in [2.75, 3.05) is 6.54 Å². The van der Waals surface area contributed by atoms with Gasteiger partial charge >= 0.3 is 0 Å². The quantitative estimate of drug-likeness (QED) is 0.768. The summed E-state index contributed by atoms with van der Waals surface area (Å²) in [6.07, 6.45) is 9.11. The Balaban J connectivity index is 2.31. The molecule has 0 saturated carbocycles. The molecule has 0 aliphatic heterocycles. The van der Waals surface area contributed by atoms with Crippen LogP contribution in [-0.2, 0) is 4.79 Å². The molecule has 3 heteroatoms. The number of rotatable bonds is 6. The summed E-state index contributed by atoms with van der Waals surface area (Å²) < 4.78 is 0. The highest BCUT2D eigenvalue weighted by Gasteiger charge is 1.97. The number of aromatic nitrogens is 1. The summed E-state index contributed by atoms with van der Waals surface area (Å²) in [5, 5.41) is 0. The maximum absolute atomic E-state index is 11.3. The number of Topliss-reactive ketones (excluding diaryl/α,β-unsaturated/α-hetero) is 1. The van der Waals surface area contributed by atoms with Gasteiger partial charge in [0.25, 0.3) is 0 Å². The summed E-state index contributed by atoms with van der Waals surface area (Å²) >= 11 is 0. The predicted octanol–water partition coefficient (Wildman–Crippen LogP) is 1.79. The molecule has 0 unspecified atom stereocenters. The highest BCUT2D eigenvalue weighted by atomic mass is 16.1. The van der Waals surface area contributed by atoms with Gasteiger partial charge < -0.3 is 5.73 Å². The van der Waals surface area contributed by atoms with E-state index < -0.39 is 0 Å². The van der Waals surface area contributed by atoms with Crippen LogP contribution in [0.3, 0.4) is 0 Å². The molecule has 0 fully saturated rings. The molecule has 0 atom stereocenters. The Morgan fingerprint density at radius 3 is 3.07 bits per heavy atom. The van der Waals surface area contributed by atoms with Crippen molar-refractivity contribution in [1.82, 2.24) is 4.98 Å². The second-order valence-electron chi connectivity index (χ2n) is 3.32. The van der Waals surface area contributed by atoms with Crippen molar-refractivity contribution in [2.45, 2.75) is 19.3 Å². The smallest absolute Gasteiger partial charge is 0.136 e. The standard InChI is InChI=1S/C12H16N2O/c13-8-2-7-12(15)6-1-4-11-5-3-9-14-10-11/h1,3-5,9-10H,2,6-8,13H2/b4-1+. The van der Waals surface area contributed by atoms with Gasteiger partial charge in [-0.15, -0.1) is 0 Å². The molecule has 0 aliphatic rings. The molecule has 0 aliphatic carbocycles. The molecule has 0 saturated heterocycles. The van der Waals surface area contributed by atoms with Gasteiger partial charge in [0.15, 0.2) is 0 Å². The van der Waals surface area contributed by atoms with Crippen molar-refractivity contribution < 1.29 is 4.79 Å². The SMILES string of the molecule is NCCCC(=O)C/C=C/c1cccnc1. The number of allylic oxidation sites excluding steroid dienone is 1.